The number of amides is 1. The third-order valence-corrected chi connectivity index (χ3v) is 3.56. The van der Waals surface area contributed by atoms with Crippen molar-refractivity contribution in [1.29, 1.82) is 0 Å². The molecule has 6 nitrogen and oxygen atoms in total. The fraction of sp³-hybridized carbons (Fsp3) is 0.333. The van der Waals surface area contributed by atoms with Crippen LogP contribution in [-0.4, -0.2) is 19.3 Å². The van der Waals surface area contributed by atoms with Crippen molar-refractivity contribution in [3.05, 3.63) is 23.0 Å². The molecule has 2 N–H and O–H groups in total. The Morgan fingerprint density at radius 1 is 1.45 bits per heavy atom. The molecule has 112 valence electrons. The van der Waals surface area contributed by atoms with Crippen LogP contribution in [0.1, 0.15) is 18.9 Å². The second-order valence-electron chi connectivity index (χ2n) is 3.51. The van der Waals surface area contributed by atoms with E-state index in [2.05, 4.69) is 4.98 Å². The van der Waals surface area contributed by atoms with E-state index in [-0.39, 0.29) is 6.42 Å². The Balaban J connectivity index is 3.22. The fourth-order valence-corrected chi connectivity index (χ4v) is 2.29. The van der Waals surface area contributed by atoms with E-state index in [4.69, 9.17) is 11.6 Å². The average molecular weight is 332 g/mol. The number of pyridine rings is 1. The van der Waals surface area contributed by atoms with Crippen LogP contribution in [0.25, 0.3) is 0 Å². The number of rotatable bonds is 4. The van der Waals surface area contributed by atoms with Gasteiger partial charge in [-0.25, -0.2) is 13.4 Å². The molecule has 0 aromatic carbocycles. The Hall–Kier alpha value is -1.39. The van der Waals surface area contributed by atoms with Gasteiger partial charge in [0.1, 0.15) is 10.0 Å². The number of hydrazine groups is 1. The van der Waals surface area contributed by atoms with E-state index in [0.29, 0.717) is 12.3 Å². The minimum atomic E-state index is -4.94. The summed E-state index contributed by atoms with van der Waals surface area (Å²) >= 11 is 5.33. The summed E-state index contributed by atoms with van der Waals surface area (Å²) in [5, 5.41) is -0.506. The van der Waals surface area contributed by atoms with Crippen LogP contribution in [-0.2, 0) is 21.0 Å². The van der Waals surface area contributed by atoms with E-state index < -0.39 is 37.7 Å². The van der Waals surface area contributed by atoms with Crippen molar-refractivity contribution in [2.24, 2.45) is 0 Å². The van der Waals surface area contributed by atoms with Gasteiger partial charge in [0, 0.05) is 12.6 Å². The van der Waals surface area contributed by atoms with E-state index in [9.17, 15) is 26.4 Å². The van der Waals surface area contributed by atoms with Crippen LogP contribution in [0, 0.1) is 0 Å². The summed E-state index contributed by atoms with van der Waals surface area (Å²) in [6.45, 7) is 1.44. The maximum absolute atomic E-state index is 12.8. The predicted molar refractivity (Wildman–Crippen MR) is 63.0 cm³/mol. The molecule has 0 aliphatic heterocycles. The molecule has 0 radical (unpaired) electrons. The third-order valence-electron chi connectivity index (χ3n) is 2.07. The number of nitrogens with zero attached hydrogens (tertiary/aromatic N) is 1. The van der Waals surface area contributed by atoms with Gasteiger partial charge in [0.2, 0.25) is 5.91 Å². The smallest absolute Gasteiger partial charge is 0.278 e. The van der Waals surface area contributed by atoms with Crippen molar-refractivity contribution in [2.45, 2.75) is 24.4 Å². The Morgan fingerprint density at radius 2 is 2.05 bits per heavy atom. The summed E-state index contributed by atoms with van der Waals surface area (Å²) in [7, 11) is -4.62. The summed E-state index contributed by atoms with van der Waals surface area (Å²) in [4.78, 5) is 14.6. The van der Waals surface area contributed by atoms with Crippen LogP contribution >= 0.6 is 11.6 Å². The molecule has 0 aliphatic rings. The molecule has 1 rings (SSSR count). The van der Waals surface area contributed by atoms with E-state index in [0.717, 1.165) is 0 Å². The Bertz CT molecular complexity index is 619. The number of carbonyl (C=O) groups excluding carboxylic acids is 1. The van der Waals surface area contributed by atoms with Crippen molar-refractivity contribution in [3.63, 3.8) is 0 Å². The fourth-order valence-electron chi connectivity index (χ4n) is 1.12. The van der Waals surface area contributed by atoms with Crippen molar-refractivity contribution < 1.29 is 26.4 Å². The largest absolute Gasteiger partial charge is 0.417 e. The van der Waals surface area contributed by atoms with Crippen LogP contribution in [0.5, 0.6) is 0 Å². The number of sulfonamides is 1. The van der Waals surface area contributed by atoms with Gasteiger partial charge in [0.15, 0.2) is 0 Å². The molecular formula is C9H9ClF3N3O3S. The highest BCUT2D eigenvalue weighted by molar-refractivity contribution is 7.89. The van der Waals surface area contributed by atoms with Gasteiger partial charge in [-0.15, -0.1) is 4.83 Å². The maximum Gasteiger partial charge on any atom is 0.417 e. The van der Waals surface area contributed by atoms with Gasteiger partial charge in [0.25, 0.3) is 10.0 Å². The van der Waals surface area contributed by atoms with Gasteiger partial charge in [0.05, 0.1) is 5.56 Å². The molecule has 0 saturated heterocycles. The number of aromatic nitrogens is 1. The first-order valence-corrected chi connectivity index (χ1v) is 6.97. The van der Waals surface area contributed by atoms with Gasteiger partial charge in [-0.3, -0.25) is 10.2 Å². The number of hydrogen-bond donors (Lipinski definition) is 2. The molecule has 0 saturated carbocycles. The molecular weight excluding hydrogens is 323 g/mol. The lowest BCUT2D eigenvalue weighted by molar-refractivity contribution is -0.140. The molecule has 1 heterocycles. The van der Waals surface area contributed by atoms with Crippen molar-refractivity contribution in [1.82, 2.24) is 15.2 Å². The third kappa shape index (κ3) is 4.05. The first-order valence-electron chi connectivity index (χ1n) is 5.11. The summed E-state index contributed by atoms with van der Waals surface area (Å²) in [6.07, 6.45) is -4.52. The lowest BCUT2D eigenvalue weighted by Crippen LogP contribution is -2.41. The quantitative estimate of drug-likeness (QED) is 0.646. The number of nitrogens with one attached hydrogen (secondary N) is 2. The summed E-state index contributed by atoms with van der Waals surface area (Å²) < 4.78 is 61.7. The van der Waals surface area contributed by atoms with Crippen LogP contribution in [0.2, 0.25) is 5.15 Å². The molecule has 0 atom stereocenters. The zero-order chi connectivity index (χ0) is 15.6. The average Bonchev–Trinajstić information content (AvgIpc) is 2.34. The zero-order valence-electron chi connectivity index (χ0n) is 9.95. The molecule has 0 spiro atoms. The zero-order valence-corrected chi connectivity index (χ0v) is 11.5. The van der Waals surface area contributed by atoms with Crippen LogP contribution in [0.15, 0.2) is 17.2 Å². The molecule has 1 amide bonds. The molecule has 1 aromatic rings. The topological polar surface area (TPSA) is 88.2 Å². The van der Waals surface area contributed by atoms with Gasteiger partial charge in [-0.1, -0.05) is 18.5 Å². The molecule has 0 aliphatic carbocycles. The summed E-state index contributed by atoms with van der Waals surface area (Å²) in [6, 6.07) is 0.387. The minimum Gasteiger partial charge on any atom is -0.278 e. The summed E-state index contributed by atoms with van der Waals surface area (Å²) in [5.74, 6) is -0.705. The number of hydrogen-bond acceptors (Lipinski definition) is 4. The second-order valence-corrected chi connectivity index (χ2v) is 5.55. The van der Waals surface area contributed by atoms with Crippen LogP contribution in [0.3, 0.4) is 0 Å². The standard InChI is InChI=1S/C9H9ClF3N3O3S/c1-2-8(17)15-16-20(18,19)6-4-14-7(10)3-5(6)9(11,12)13/h3-4,16H,2H2,1H3,(H,15,17). The van der Waals surface area contributed by atoms with E-state index in [1.807, 2.05) is 0 Å². The van der Waals surface area contributed by atoms with E-state index in [1.165, 1.54) is 6.92 Å². The van der Waals surface area contributed by atoms with Crippen molar-refractivity contribution in [2.75, 3.05) is 0 Å². The van der Waals surface area contributed by atoms with Crippen LogP contribution in [0.4, 0.5) is 13.2 Å². The number of alkyl halides is 3. The van der Waals surface area contributed by atoms with Crippen molar-refractivity contribution >= 4 is 27.5 Å². The first-order chi connectivity index (χ1) is 9.08. The molecule has 11 heteroatoms. The van der Waals surface area contributed by atoms with Crippen LogP contribution < -0.4 is 10.3 Å². The highest BCUT2D eigenvalue weighted by atomic mass is 35.5. The lowest BCUT2D eigenvalue weighted by Gasteiger charge is -2.13. The first kappa shape index (κ1) is 16.7. The monoisotopic (exact) mass is 331 g/mol. The number of halogens is 4. The lowest BCUT2D eigenvalue weighted by atomic mass is 10.2. The Morgan fingerprint density at radius 3 is 2.55 bits per heavy atom. The molecule has 0 bridgehead atoms. The van der Waals surface area contributed by atoms with Crippen molar-refractivity contribution in [3.8, 4) is 0 Å². The van der Waals surface area contributed by atoms with E-state index in [1.54, 1.807) is 10.3 Å². The summed E-state index contributed by atoms with van der Waals surface area (Å²) in [5.41, 5.74) is 0.283. The number of carbonyl (C=O) groups is 1. The molecule has 1 aromatic heterocycles. The molecule has 0 unspecified atom stereocenters. The highest BCUT2D eigenvalue weighted by Gasteiger charge is 2.38. The second kappa shape index (κ2) is 5.94. The van der Waals surface area contributed by atoms with Gasteiger partial charge in [-0.2, -0.15) is 13.2 Å². The maximum atomic E-state index is 12.8. The van der Waals surface area contributed by atoms with Gasteiger partial charge >= 0.3 is 6.18 Å². The Kier molecular flexibility index (Phi) is 4.95. The normalized spacial score (nSPS) is 12.2. The predicted octanol–water partition coefficient (Wildman–Crippen LogP) is 1.47. The van der Waals surface area contributed by atoms with E-state index >= 15 is 0 Å². The highest BCUT2D eigenvalue weighted by Crippen LogP contribution is 2.34. The van der Waals surface area contributed by atoms with Gasteiger partial charge in [-0.05, 0) is 6.07 Å². The molecule has 20 heavy (non-hydrogen) atoms. The molecule has 0 fully saturated rings. The minimum absolute atomic E-state index is 0.0481. The SMILES string of the molecule is CCC(=O)NNS(=O)(=O)c1cnc(Cl)cc1C(F)(F)F. The Labute approximate surface area is 117 Å². The van der Waals surface area contributed by atoms with Gasteiger partial charge < -0.3 is 0 Å².